The molecule has 1 aliphatic rings. The summed E-state index contributed by atoms with van der Waals surface area (Å²) in [6, 6.07) is 23.5. The molecule has 0 aliphatic carbocycles. The summed E-state index contributed by atoms with van der Waals surface area (Å²) in [6.07, 6.45) is 0. The van der Waals surface area contributed by atoms with Gasteiger partial charge in [0.2, 0.25) is 0 Å². The highest BCUT2D eigenvalue weighted by Crippen LogP contribution is 2.42. The van der Waals surface area contributed by atoms with Crippen LogP contribution in [0.3, 0.4) is 0 Å². The Morgan fingerprint density at radius 2 is 1.48 bits per heavy atom. The highest BCUT2D eigenvalue weighted by molar-refractivity contribution is 6.18. The van der Waals surface area contributed by atoms with Crippen LogP contribution in [0.2, 0.25) is 0 Å². The second-order valence-electron chi connectivity index (χ2n) is 6.13. The van der Waals surface area contributed by atoms with Crippen LogP contribution in [0, 0.1) is 0 Å². The van der Waals surface area contributed by atoms with Crippen molar-refractivity contribution in [1.82, 2.24) is 0 Å². The molecule has 0 saturated carbocycles. The molecule has 3 aromatic rings. The van der Waals surface area contributed by atoms with Crippen LogP contribution in [-0.4, -0.2) is 5.71 Å². The molecule has 1 aliphatic heterocycles. The molecule has 0 N–H and O–H groups in total. The van der Waals surface area contributed by atoms with Crippen molar-refractivity contribution in [3.05, 3.63) is 77.9 Å². The second-order valence-corrected chi connectivity index (χ2v) is 6.13. The minimum atomic E-state index is -0.0548. The average molecular weight is 271 g/mol. The zero-order valence-corrected chi connectivity index (χ0v) is 12.3. The number of benzene rings is 3. The molecular weight excluding hydrogens is 254 g/mol. The summed E-state index contributed by atoms with van der Waals surface area (Å²) < 4.78 is 0. The molecule has 0 radical (unpaired) electrons. The lowest BCUT2D eigenvalue weighted by Gasteiger charge is -2.23. The topological polar surface area (TPSA) is 12.4 Å². The number of nitrogens with zero attached hydrogens (tertiary/aromatic N) is 1. The minimum Gasteiger partial charge on any atom is -0.252 e. The van der Waals surface area contributed by atoms with Crippen molar-refractivity contribution in [3.63, 3.8) is 0 Å². The number of aliphatic imine (C=N–C) groups is 1. The van der Waals surface area contributed by atoms with E-state index >= 15 is 0 Å². The van der Waals surface area contributed by atoms with E-state index in [1.165, 1.54) is 27.6 Å². The maximum atomic E-state index is 4.94. The quantitative estimate of drug-likeness (QED) is 0.573. The van der Waals surface area contributed by atoms with Crippen molar-refractivity contribution in [2.24, 2.45) is 4.99 Å². The maximum absolute atomic E-state index is 4.94. The van der Waals surface area contributed by atoms with E-state index in [-0.39, 0.29) is 5.41 Å². The lowest BCUT2D eigenvalue weighted by molar-refractivity contribution is 0.738. The molecule has 0 aromatic heterocycles. The van der Waals surface area contributed by atoms with Gasteiger partial charge in [0.25, 0.3) is 0 Å². The highest BCUT2D eigenvalue weighted by atomic mass is 14.8. The van der Waals surface area contributed by atoms with Gasteiger partial charge in [-0.1, -0.05) is 74.5 Å². The predicted octanol–water partition coefficient (Wildman–Crippen LogP) is 5.25. The first-order valence-corrected chi connectivity index (χ1v) is 7.35. The maximum Gasteiger partial charge on any atom is 0.0675 e. The van der Waals surface area contributed by atoms with Gasteiger partial charge in [-0.15, -0.1) is 0 Å². The summed E-state index contributed by atoms with van der Waals surface area (Å²) in [5, 5.41) is 2.55. The number of para-hydroxylation sites is 1. The van der Waals surface area contributed by atoms with Crippen LogP contribution < -0.4 is 0 Å². The van der Waals surface area contributed by atoms with E-state index in [2.05, 4.69) is 80.6 Å². The third-order valence-electron chi connectivity index (χ3n) is 4.45. The Hall–Kier alpha value is -2.41. The second kappa shape index (κ2) is 4.29. The molecule has 0 amide bonds. The van der Waals surface area contributed by atoms with Crippen LogP contribution in [0.4, 0.5) is 5.69 Å². The molecule has 1 heteroatoms. The van der Waals surface area contributed by atoms with Crippen LogP contribution >= 0.6 is 0 Å². The van der Waals surface area contributed by atoms with Crippen molar-refractivity contribution in [3.8, 4) is 0 Å². The van der Waals surface area contributed by atoms with E-state index in [9.17, 15) is 0 Å². The molecule has 0 unspecified atom stereocenters. The molecule has 0 bridgehead atoms. The van der Waals surface area contributed by atoms with Gasteiger partial charge in [0.1, 0.15) is 0 Å². The standard InChI is InChI=1S/C20H17N/c1-20(2)17-12-5-6-13-18(17)21-19(20)16-11-7-9-14-8-3-4-10-15(14)16/h3-13H,1-2H3. The van der Waals surface area contributed by atoms with E-state index in [1.807, 2.05) is 0 Å². The van der Waals surface area contributed by atoms with Gasteiger partial charge in [-0.2, -0.15) is 0 Å². The van der Waals surface area contributed by atoms with Gasteiger partial charge in [0.05, 0.1) is 11.4 Å². The van der Waals surface area contributed by atoms with Crippen molar-refractivity contribution >= 4 is 22.2 Å². The van der Waals surface area contributed by atoms with Gasteiger partial charge in [-0.3, -0.25) is 4.99 Å². The van der Waals surface area contributed by atoms with Gasteiger partial charge in [0.15, 0.2) is 0 Å². The smallest absolute Gasteiger partial charge is 0.0675 e. The first kappa shape index (κ1) is 12.3. The fraction of sp³-hybridized carbons (Fsp3) is 0.150. The van der Waals surface area contributed by atoms with Gasteiger partial charge in [0, 0.05) is 11.0 Å². The van der Waals surface area contributed by atoms with Gasteiger partial charge in [-0.25, -0.2) is 0 Å². The lowest BCUT2D eigenvalue weighted by Crippen LogP contribution is -2.26. The number of fused-ring (bicyclic) bond motifs is 2. The van der Waals surface area contributed by atoms with Crippen LogP contribution in [0.5, 0.6) is 0 Å². The van der Waals surface area contributed by atoms with Gasteiger partial charge < -0.3 is 0 Å². The molecule has 3 aromatic carbocycles. The molecule has 0 spiro atoms. The van der Waals surface area contributed by atoms with Crippen LogP contribution in [0.25, 0.3) is 10.8 Å². The van der Waals surface area contributed by atoms with Crippen molar-refractivity contribution < 1.29 is 0 Å². The normalized spacial score (nSPS) is 15.8. The monoisotopic (exact) mass is 271 g/mol. The number of hydrogen-bond donors (Lipinski definition) is 0. The molecular formula is C20H17N. The zero-order chi connectivity index (χ0) is 14.4. The molecule has 0 saturated heterocycles. The zero-order valence-electron chi connectivity index (χ0n) is 12.3. The van der Waals surface area contributed by atoms with E-state index in [0.29, 0.717) is 0 Å². The molecule has 4 rings (SSSR count). The SMILES string of the molecule is CC1(C)C(c2cccc3ccccc23)=Nc2ccccc21. The summed E-state index contributed by atoms with van der Waals surface area (Å²) in [5.41, 5.74) is 4.77. The van der Waals surface area contributed by atoms with E-state index < -0.39 is 0 Å². The lowest BCUT2D eigenvalue weighted by atomic mass is 9.78. The minimum absolute atomic E-state index is 0.0548. The van der Waals surface area contributed by atoms with E-state index in [1.54, 1.807) is 0 Å². The Bertz CT molecular complexity index is 866. The molecule has 21 heavy (non-hydrogen) atoms. The largest absolute Gasteiger partial charge is 0.252 e. The Labute approximate surface area is 125 Å². The Morgan fingerprint density at radius 1 is 0.762 bits per heavy atom. The van der Waals surface area contributed by atoms with Crippen molar-refractivity contribution in [2.45, 2.75) is 19.3 Å². The fourth-order valence-electron chi connectivity index (χ4n) is 3.32. The Balaban J connectivity index is 1.99. The summed E-state index contributed by atoms with van der Waals surface area (Å²) in [4.78, 5) is 4.94. The summed E-state index contributed by atoms with van der Waals surface area (Å²) in [6.45, 7) is 4.53. The summed E-state index contributed by atoms with van der Waals surface area (Å²) in [7, 11) is 0. The molecule has 1 nitrogen and oxygen atoms in total. The number of rotatable bonds is 1. The summed E-state index contributed by atoms with van der Waals surface area (Å²) in [5.74, 6) is 0. The van der Waals surface area contributed by atoms with Gasteiger partial charge in [-0.05, 0) is 22.4 Å². The third kappa shape index (κ3) is 1.74. The van der Waals surface area contributed by atoms with Gasteiger partial charge >= 0.3 is 0 Å². The first-order chi connectivity index (χ1) is 10.2. The summed E-state index contributed by atoms with van der Waals surface area (Å²) >= 11 is 0. The molecule has 0 fully saturated rings. The Morgan fingerprint density at radius 3 is 2.33 bits per heavy atom. The van der Waals surface area contributed by atoms with Crippen LogP contribution in [0.1, 0.15) is 25.0 Å². The average Bonchev–Trinajstić information content (AvgIpc) is 2.78. The van der Waals surface area contributed by atoms with Crippen molar-refractivity contribution in [2.75, 3.05) is 0 Å². The number of hydrogen-bond acceptors (Lipinski definition) is 1. The molecule has 1 heterocycles. The van der Waals surface area contributed by atoms with Crippen molar-refractivity contribution in [1.29, 1.82) is 0 Å². The van der Waals surface area contributed by atoms with E-state index in [4.69, 9.17) is 4.99 Å². The highest BCUT2D eigenvalue weighted by Gasteiger charge is 2.35. The third-order valence-corrected chi connectivity index (χ3v) is 4.45. The first-order valence-electron chi connectivity index (χ1n) is 7.35. The van der Waals surface area contributed by atoms with Crippen LogP contribution in [-0.2, 0) is 5.41 Å². The Kier molecular flexibility index (Phi) is 2.52. The van der Waals surface area contributed by atoms with Crippen LogP contribution in [0.15, 0.2) is 71.7 Å². The van der Waals surface area contributed by atoms with E-state index in [0.717, 1.165) is 5.69 Å². The fourth-order valence-corrected chi connectivity index (χ4v) is 3.32. The molecule has 102 valence electrons. The predicted molar refractivity (Wildman–Crippen MR) is 89.6 cm³/mol. The molecule has 0 atom stereocenters.